The van der Waals surface area contributed by atoms with Gasteiger partial charge in [0.15, 0.2) is 0 Å². The first-order valence-electron chi connectivity index (χ1n) is 11.7. The average molecular weight is 479 g/mol. The van der Waals surface area contributed by atoms with E-state index >= 15 is 0 Å². The molecule has 2 aliphatic heterocycles. The lowest BCUT2D eigenvalue weighted by Gasteiger charge is -2.50. The van der Waals surface area contributed by atoms with Crippen molar-refractivity contribution in [3.8, 4) is 6.07 Å². The van der Waals surface area contributed by atoms with Crippen LogP contribution >= 0.6 is 11.6 Å². The van der Waals surface area contributed by atoms with E-state index in [1.165, 1.54) is 0 Å². The van der Waals surface area contributed by atoms with Gasteiger partial charge in [0.2, 0.25) is 5.95 Å². The minimum atomic E-state index is -0.243. The molecule has 6 rings (SSSR count). The summed E-state index contributed by atoms with van der Waals surface area (Å²) in [6.45, 7) is 8.33. The molecule has 2 saturated heterocycles. The first-order chi connectivity index (χ1) is 16.5. The molecule has 0 radical (unpaired) electrons. The molecule has 0 atom stereocenters. The van der Waals surface area contributed by atoms with Crippen molar-refractivity contribution in [2.45, 2.75) is 31.8 Å². The Morgan fingerprint density at radius 1 is 1.18 bits per heavy atom. The van der Waals surface area contributed by atoms with E-state index in [9.17, 15) is 5.26 Å². The third kappa shape index (κ3) is 3.96. The molecule has 176 valence electrons. The van der Waals surface area contributed by atoms with Crippen molar-refractivity contribution in [2.24, 2.45) is 5.41 Å². The predicted molar refractivity (Wildman–Crippen MR) is 130 cm³/mol. The third-order valence-electron chi connectivity index (χ3n) is 7.30. The predicted octanol–water partition coefficient (Wildman–Crippen LogP) is 3.44. The highest BCUT2D eigenvalue weighted by Crippen LogP contribution is 2.46. The van der Waals surface area contributed by atoms with Crippen LogP contribution in [0.1, 0.15) is 19.8 Å². The molecule has 3 aliphatic rings. The standard InChI is InChI=1S/C24H27ClN8O/c1-23(15-34-16-23)32-6-4-31(5-7-32)21-9-20-17(8-19(21)25)10-27-22(30-20)29-18-11-28-33(12-18)14-24(13-26)2-3-24/h8-12H,2-7,14-16H2,1H3,(H,27,29,30). The molecule has 9 nitrogen and oxygen atoms in total. The molecule has 0 amide bonds. The zero-order valence-electron chi connectivity index (χ0n) is 19.2. The number of nitrogens with zero attached hydrogens (tertiary/aromatic N) is 7. The third-order valence-corrected chi connectivity index (χ3v) is 7.61. The van der Waals surface area contributed by atoms with E-state index in [2.05, 4.69) is 44.3 Å². The number of nitriles is 1. The van der Waals surface area contributed by atoms with Crippen LogP contribution in [0, 0.1) is 16.7 Å². The molecule has 4 heterocycles. The maximum Gasteiger partial charge on any atom is 0.227 e. The van der Waals surface area contributed by atoms with Crippen molar-refractivity contribution < 1.29 is 4.74 Å². The van der Waals surface area contributed by atoms with Gasteiger partial charge >= 0.3 is 0 Å². The number of ether oxygens (including phenoxy) is 1. The van der Waals surface area contributed by atoms with Crippen LogP contribution in [0.15, 0.2) is 30.7 Å². The fourth-order valence-corrected chi connectivity index (χ4v) is 5.11. The second-order valence-corrected chi connectivity index (χ2v) is 10.4. The topological polar surface area (TPSA) is 95.1 Å². The Hall–Kier alpha value is -2.93. The average Bonchev–Trinajstić information content (AvgIpc) is 3.47. The number of hydrogen-bond acceptors (Lipinski definition) is 8. The number of aromatic nitrogens is 4. The minimum Gasteiger partial charge on any atom is -0.377 e. The first kappa shape index (κ1) is 21.6. The van der Waals surface area contributed by atoms with Gasteiger partial charge in [-0.15, -0.1) is 0 Å². The minimum absolute atomic E-state index is 0.175. The number of nitrogens with one attached hydrogen (secondary N) is 1. The number of halogens is 1. The van der Waals surface area contributed by atoms with E-state index in [1.807, 2.05) is 16.9 Å². The van der Waals surface area contributed by atoms with Gasteiger partial charge in [0.1, 0.15) is 0 Å². The lowest BCUT2D eigenvalue weighted by molar-refractivity contribution is -0.131. The van der Waals surface area contributed by atoms with E-state index < -0.39 is 0 Å². The van der Waals surface area contributed by atoms with Gasteiger partial charge in [-0.2, -0.15) is 10.4 Å². The van der Waals surface area contributed by atoms with Gasteiger partial charge in [0.05, 0.1) is 64.9 Å². The fourth-order valence-electron chi connectivity index (χ4n) is 4.82. The smallest absolute Gasteiger partial charge is 0.227 e. The van der Waals surface area contributed by atoms with Gasteiger partial charge in [0, 0.05) is 44.0 Å². The summed E-state index contributed by atoms with van der Waals surface area (Å²) in [7, 11) is 0. The number of benzene rings is 1. The van der Waals surface area contributed by atoms with Gasteiger partial charge < -0.3 is 15.0 Å². The normalized spacial score (nSPS) is 21.1. The van der Waals surface area contributed by atoms with Gasteiger partial charge in [0.25, 0.3) is 0 Å². The summed E-state index contributed by atoms with van der Waals surface area (Å²) in [6.07, 6.45) is 7.29. The number of rotatable bonds is 6. The van der Waals surface area contributed by atoms with Crippen molar-refractivity contribution in [1.82, 2.24) is 24.6 Å². The SMILES string of the molecule is CC1(N2CCN(c3cc4nc(Nc5cnn(CC6(C#N)CC6)c5)ncc4cc3Cl)CC2)COC1. The summed E-state index contributed by atoms with van der Waals surface area (Å²) in [5.74, 6) is 0.504. The summed E-state index contributed by atoms with van der Waals surface area (Å²) >= 11 is 6.66. The van der Waals surface area contributed by atoms with Crippen LogP contribution < -0.4 is 10.2 Å². The van der Waals surface area contributed by atoms with E-state index in [-0.39, 0.29) is 11.0 Å². The molecule has 1 N–H and O–H groups in total. The largest absolute Gasteiger partial charge is 0.377 e. The Balaban J connectivity index is 1.17. The molecule has 0 unspecified atom stereocenters. The molecule has 1 aliphatic carbocycles. The molecule has 10 heteroatoms. The maximum absolute atomic E-state index is 9.31. The number of fused-ring (bicyclic) bond motifs is 1. The molecule has 3 aromatic rings. The number of anilines is 3. The zero-order chi connectivity index (χ0) is 23.3. The van der Waals surface area contributed by atoms with E-state index in [1.54, 1.807) is 12.4 Å². The van der Waals surface area contributed by atoms with E-state index in [0.29, 0.717) is 12.5 Å². The van der Waals surface area contributed by atoms with Crippen LogP contribution in [0.2, 0.25) is 5.02 Å². The van der Waals surface area contributed by atoms with Crippen LogP contribution in [0.3, 0.4) is 0 Å². The van der Waals surface area contributed by atoms with Crippen LogP contribution in [-0.4, -0.2) is 69.6 Å². The molecule has 0 bridgehead atoms. The number of piperazine rings is 1. The van der Waals surface area contributed by atoms with Crippen LogP contribution in [0.4, 0.5) is 17.3 Å². The van der Waals surface area contributed by atoms with Gasteiger partial charge in [-0.3, -0.25) is 9.58 Å². The van der Waals surface area contributed by atoms with E-state index in [0.717, 1.165) is 79.5 Å². The van der Waals surface area contributed by atoms with E-state index in [4.69, 9.17) is 21.3 Å². The summed E-state index contributed by atoms with van der Waals surface area (Å²) < 4.78 is 7.25. The monoisotopic (exact) mass is 478 g/mol. The Kier molecular flexibility index (Phi) is 5.13. The Labute approximate surface area is 203 Å². The van der Waals surface area contributed by atoms with Crippen molar-refractivity contribution in [3.63, 3.8) is 0 Å². The molecular weight excluding hydrogens is 452 g/mol. The molecule has 0 spiro atoms. The summed E-state index contributed by atoms with van der Waals surface area (Å²) in [4.78, 5) is 14.0. The van der Waals surface area contributed by atoms with Crippen LogP contribution in [-0.2, 0) is 11.3 Å². The van der Waals surface area contributed by atoms with Crippen molar-refractivity contribution in [2.75, 3.05) is 49.6 Å². The highest BCUT2D eigenvalue weighted by molar-refractivity contribution is 6.34. The molecule has 1 aromatic carbocycles. The van der Waals surface area contributed by atoms with Crippen molar-refractivity contribution >= 4 is 39.8 Å². The quantitative estimate of drug-likeness (QED) is 0.575. The highest BCUT2D eigenvalue weighted by atomic mass is 35.5. The van der Waals surface area contributed by atoms with Gasteiger partial charge in [-0.05, 0) is 31.9 Å². The molecule has 1 saturated carbocycles. The van der Waals surface area contributed by atoms with Crippen LogP contribution in [0.25, 0.3) is 10.9 Å². The Morgan fingerprint density at radius 2 is 1.97 bits per heavy atom. The second-order valence-electron chi connectivity index (χ2n) is 9.96. The highest BCUT2D eigenvalue weighted by Gasteiger charge is 2.44. The van der Waals surface area contributed by atoms with Crippen LogP contribution in [0.5, 0.6) is 0 Å². The summed E-state index contributed by atoms with van der Waals surface area (Å²) in [5, 5.41) is 18.5. The first-order valence-corrected chi connectivity index (χ1v) is 12.1. The Bertz CT molecular complexity index is 1270. The Morgan fingerprint density at radius 3 is 2.65 bits per heavy atom. The lowest BCUT2D eigenvalue weighted by Crippen LogP contribution is -2.64. The molecular formula is C24H27ClN8O. The van der Waals surface area contributed by atoms with Crippen molar-refractivity contribution in [3.05, 3.63) is 35.7 Å². The lowest BCUT2D eigenvalue weighted by atomic mass is 9.97. The summed E-state index contributed by atoms with van der Waals surface area (Å²) in [6, 6.07) is 6.40. The number of hydrogen-bond donors (Lipinski definition) is 1. The second kappa shape index (κ2) is 8.08. The summed E-state index contributed by atoms with van der Waals surface area (Å²) in [5.41, 5.74) is 2.58. The maximum atomic E-state index is 9.31. The molecule has 3 fully saturated rings. The fraction of sp³-hybridized carbons (Fsp3) is 0.500. The molecule has 34 heavy (non-hydrogen) atoms. The van der Waals surface area contributed by atoms with Gasteiger partial charge in [-0.1, -0.05) is 11.6 Å². The van der Waals surface area contributed by atoms with Gasteiger partial charge in [-0.25, -0.2) is 9.97 Å². The van der Waals surface area contributed by atoms with Crippen molar-refractivity contribution in [1.29, 1.82) is 5.26 Å². The molecule has 2 aromatic heterocycles. The zero-order valence-corrected chi connectivity index (χ0v) is 19.9.